The van der Waals surface area contributed by atoms with Crippen molar-refractivity contribution in [1.82, 2.24) is 4.90 Å². The molecule has 1 N–H and O–H groups in total. The first-order valence-corrected chi connectivity index (χ1v) is 3.73. The van der Waals surface area contributed by atoms with E-state index >= 15 is 0 Å². The van der Waals surface area contributed by atoms with Crippen molar-refractivity contribution in [3.8, 4) is 0 Å². The molecule has 4 heteroatoms. The van der Waals surface area contributed by atoms with Gasteiger partial charge in [-0.3, -0.25) is 0 Å². The Kier molecular flexibility index (Phi) is 1.95. The summed E-state index contributed by atoms with van der Waals surface area (Å²) in [4.78, 5) is 12.0. The fourth-order valence-corrected chi connectivity index (χ4v) is 1.45. The van der Waals surface area contributed by atoms with Gasteiger partial charge in [0.1, 0.15) is 0 Å². The van der Waals surface area contributed by atoms with Crippen LogP contribution in [0, 0.1) is 0 Å². The Labute approximate surface area is 61.8 Å². The quantitative estimate of drug-likeness (QED) is 0.587. The second kappa shape index (κ2) is 2.56. The lowest BCUT2D eigenvalue weighted by molar-refractivity contribution is 0.156. The fourth-order valence-electron chi connectivity index (χ4n) is 0.891. The molecule has 9 heavy (non-hydrogen) atoms. The van der Waals surface area contributed by atoms with E-state index in [0.29, 0.717) is 17.9 Å². The number of rotatable bonds is 0. The Hall–Kier alpha value is -0.250. The average molecular weight is 194 g/mol. The van der Waals surface area contributed by atoms with Crippen LogP contribution in [0.3, 0.4) is 0 Å². The van der Waals surface area contributed by atoms with Crippen molar-refractivity contribution in [2.24, 2.45) is 0 Å². The lowest BCUT2D eigenvalue weighted by Crippen LogP contribution is -2.26. The van der Waals surface area contributed by atoms with Crippen LogP contribution in [-0.2, 0) is 0 Å². The van der Waals surface area contributed by atoms with Crippen molar-refractivity contribution < 1.29 is 9.90 Å². The predicted octanol–water partition coefficient (Wildman–Crippen LogP) is 1.13. The average Bonchev–Trinajstić information content (AvgIpc) is 2.14. The fraction of sp³-hybridized carbons (Fsp3) is 0.800. The normalized spacial score (nSPS) is 26.8. The van der Waals surface area contributed by atoms with Gasteiger partial charge in [0.2, 0.25) is 0 Å². The Balaban J connectivity index is 2.39. The van der Waals surface area contributed by atoms with Gasteiger partial charge in [0.25, 0.3) is 0 Å². The van der Waals surface area contributed by atoms with Gasteiger partial charge in [-0.1, -0.05) is 15.9 Å². The third kappa shape index (κ3) is 1.58. The number of halogens is 1. The molecule has 1 saturated heterocycles. The SMILES string of the molecule is O=C(O)N1CCC(Br)C1. The number of carbonyl (C=O) groups is 1. The largest absolute Gasteiger partial charge is 0.465 e. The zero-order chi connectivity index (χ0) is 6.85. The van der Waals surface area contributed by atoms with Gasteiger partial charge in [-0.25, -0.2) is 4.79 Å². The first-order chi connectivity index (χ1) is 4.20. The maximum Gasteiger partial charge on any atom is 0.407 e. The molecule has 0 aromatic heterocycles. The molecule has 0 aromatic carbocycles. The van der Waals surface area contributed by atoms with Gasteiger partial charge in [-0.2, -0.15) is 0 Å². The summed E-state index contributed by atoms with van der Waals surface area (Å²) in [6.45, 7) is 1.31. The highest BCUT2D eigenvalue weighted by molar-refractivity contribution is 9.09. The van der Waals surface area contributed by atoms with Crippen molar-refractivity contribution >= 4 is 22.0 Å². The number of alkyl halides is 1. The van der Waals surface area contributed by atoms with Gasteiger partial charge < -0.3 is 10.0 Å². The van der Waals surface area contributed by atoms with Crippen molar-refractivity contribution in [2.75, 3.05) is 13.1 Å². The molecule has 1 rings (SSSR count). The number of likely N-dealkylation sites (tertiary alicyclic amines) is 1. The number of hydrogen-bond donors (Lipinski definition) is 1. The lowest BCUT2D eigenvalue weighted by Gasteiger charge is -2.08. The van der Waals surface area contributed by atoms with E-state index in [2.05, 4.69) is 15.9 Å². The molecule has 0 aliphatic carbocycles. The van der Waals surface area contributed by atoms with Crippen LogP contribution in [0.4, 0.5) is 4.79 Å². The number of amides is 1. The van der Waals surface area contributed by atoms with Crippen LogP contribution in [0.25, 0.3) is 0 Å². The van der Waals surface area contributed by atoms with Gasteiger partial charge in [-0.05, 0) is 6.42 Å². The van der Waals surface area contributed by atoms with E-state index in [0.717, 1.165) is 6.42 Å². The molecule has 1 atom stereocenters. The van der Waals surface area contributed by atoms with Crippen molar-refractivity contribution in [1.29, 1.82) is 0 Å². The molecule has 1 fully saturated rings. The first kappa shape index (κ1) is 6.86. The van der Waals surface area contributed by atoms with E-state index in [9.17, 15) is 4.79 Å². The molecule has 1 unspecified atom stereocenters. The van der Waals surface area contributed by atoms with Crippen molar-refractivity contribution in [2.45, 2.75) is 11.2 Å². The van der Waals surface area contributed by atoms with Crippen LogP contribution in [0.5, 0.6) is 0 Å². The summed E-state index contributed by atoms with van der Waals surface area (Å²) in [5, 5.41) is 8.44. The molecule has 1 heterocycles. The van der Waals surface area contributed by atoms with E-state index in [4.69, 9.17) is 5.11 Å². The predicted molar refractivity (Wildman–Crippen MR) is 36.9 cm³/mol. The smallest absolute Gasteiger partial charge is 0.407 e. The first-order valence-electron chi connectivity index (χ1n) is 2.82. The minimum Gasteiger partial charge on any atom is -0.465 e. The molecule has 1 aliphatic rings. The summed E-state index contributed by atoms with van der Waals surface area (Å²) in [5.74, 6) is 0. The summed E-state index contributed by atoms with van der Waals surface area (Å²) in [6, 6.07) is 0. The minimum atomic E-state index is -0.808. The minimum absolute atomic E-state index is 0.369. The van der Waals surface area contributed by atoms with Crippen LogP contribution >= 0.6 is 15.9 Å². The van der Waals surface area contributed by atoms with Crippen LogP contribution in [0.1, 0.15) is 6.42 Å². The number of nitrogens with zero attached hydrogens (tertiary/aromatic N) is 1. The molecule has 1 amide bonds. The molecule has 0 bridgehead atoms. The number of carboxylic acid groups (broad SMARTS) is 1. The van der Waals surface area contributed by atoms with E-state index in [-0.39, 0.29) is 0 Å². The summed E-state index contributed by atoms with van der Waals surface area (Å²) in [5.41, 5.74) is 0. The van der Waals surface area contributed by atoms with E-state index < -0.39 is 6.09 Å². The van der Waals surface area contributed by atoms with Gasteiger partial charge in [0, 0.05) is 17.9 Å². The number of hydrogen-bond acceptors (Lipinski definition) is 1. The van der Waals surface area contributed by atoms with E-state index in [1.54, 1.807) is 0 Å². The van der Waals surface area contributed by atoms with Crippen LogP contribution < -0.4 is 0 Å². The maximum absolute atomic E-state index is 10.3. The molecule has 0 spiro atoms. The second-order valence-electron chi connectivity index (χ2n) is 2.11. The molecular formula is C5H8BrNO2. The van der Waals surface area contributed by atoms with Gasteiger partial charge in [0.15, 0.2) is 0 Å². The second-order valence-corrected chi connectivity index (χ2v) is 3.41. The Morgan fingerprint density at radius 3 is 2.67 bits per heavy atom. The van der Waals surface area contributed by atoms with Crippen LogP contribution in [-0.4, -0.2) is 34.0 Å². The highest BCUT2D eigenvalue weighted by Crippen LogP contribution is 2.15. The molecular weight excluding hydrogens is 186 g/mol. The summed E-state index contributed by atoms with van der Waals surface area (Å²) >= 11 is 3.34. The van der Waals surface area contributed by atoms with Crippen molar-refractivity contribution in [3.63, 3.8) is 0 Å². The maximum atomic E-state index is 10.3. The molecule has 0 aromatic rings. The van der Waals surface area contributed by atoms with E-state index in [1.807, 2.05) is 0 Å². The highest BCUT2D eigenvalue weighted by atomic mass is 79.9. The van der Waals surface area contributed by atoms with Gasteiger partial charge in [0.05, 0.1) is 0 Å². The molecule has 0 radical (unpaired) electrons. The molecule has 52 valence electrons. The molecule has 3 nitrogen and oxygen atoms in total. The van der Waals surface area contributed by atoms with Crippen LogP contribution in [0.2, 0.25) is 0 Å². The van der Waals surface area contributed by atoms with Gasteiger partial charge >= 0.3 is 6.09 Å². The summed E-state index contributed by atoms with van der Waals surface area (Å²) in [6.07, 6.45) is 0.128. The lowest BCUT2D eigenvalue weighted by atomic mass is 10.4. The highest BCUT2D eigenvalue weighted by Gasteiger charge is 2.23. The summed E-state index contributed by atoms with van der Waals surface area (Å²) < 4.78 is 0. The zero-order valence-corrected chi connectivity index (χ0v) is 6.47. The van der Waals surface area contributed by atoms with E-state index in [1.165, 1.54) is 4.90 Å². The zero-order valence-electron chi connectivity index (χ0n) is 4.88. The third-order valence-corrected chi connectivity index (χ3v) is 2.15. The third-order valence-electron chi connectivity index (χ3n) is 1.40. The summed E-state index contributed by atoms with van der Waals surface area (Å²) in [7, 11) is 0. The monoisotopic (exact) mass is 193 g/mol. The standard InChI is InChI=1S/C5H8BrNO2/c6-4-1-2-7(3-4)5(8)9/h4H,1-3H2,(H,8,9). The topological polar surface area (TPSA) is 40.5 Å². The van der Waals surface area contributed by atoms with Gasteiger partial charge in [-0.15, -0.1) is 0 Å². The van der Waals surface area contributed by atoms with Crippen molar-refractivity contribution in [3.05, 3.63) is 0 Å². The van der Waals surface area contributed by atoms with Crippen LogP contribution in [0.15, 0.2) is 0 Å². The Morgan fingerprint density at radius 1 is 1.78 bits per heavy atom. The molecule has 1 aliphatic heterocycles. The Bertz CT molecular complexity index is 128. The Morgan fingerprint density at radius 2 is 2.44 bits per heavy atom. The molecule has 0 saturated carbocycles.